The summed E-state index contributed by atoms with van der Waals surface area (Å²) in [5.74, 6) is -4.75. The maximum Gasteiger partial charge on any atom is 0.270 e. The quantitative estimate of drug-likeness (QED) is 0.669. The van der Waals surface area contributed by atoms with E-state index in [0.717, 1.165) is 12.1 Å². The Hall–Kier alpha value is -3.00. The molecule has 2 N–H and O–H groups in total. The van der Waals surface area contributed by atoms with E-state index in [1.165, 1.54) is 18.5 Å². The van der Waals surface area contributed by atoms with Gasteiger partial charge >= 0.3 is 0 Å². The van der Waals surface area contributed by atoms with Gasteiger partial charge in [-0.15, -0.1) is 0 Å². The summed E-state index contributed by atoms with van der Waals surface area (Å²) < 4.78 is 40.6. The van der Waals surface area contributed by atoms with E-state index in [1.54, 1.807) is 26.8 Å². The van der Waals surface area contributed by atoms with Gasteiger partial charge in [-0.05, 0) is 50.6 Å². The number of pyridine rings is 2. The minimum atomic E-state index is -1.56. The number of hydrogen-bond acceptors (Lipinski definition) is 4. The van der Waals surface area contributed by atoms with Gasteiger partial charge in [-0.25, -0.2) is 18.2 Å². The molecule has 1 amide bonds. The zero-order valence-electron chi connectivity index (χ0n) is 15.4. The second kappa shape index (κ2) is 7.20. The number of benzene rings is 1. The summed E-state index contributed by atoms with van der Waals surface area (Å²) in [7, 11) is 0. The first kappa shape index (κ1) is 19.8. The number of aromatic nitrogens is 2. The summed E-state index contributed by atoms with van der Waals surface area (Å²) in [6.07, 6.45) is 2.83. The molecule has 1 aromatic carbocycles. The summed E-state index contributed by atoms with van der Waals surface area (Å²) in [5, 5.41) is 13.2. The maximum absolute atomic E-state index is 13.6. The average molecular weight is 389 g/mol. The summed E-state index contributed by atoms with van der Waals surface area (Å²) in [5.41, 5.74) is -0.502. The van der Waals surface area contributed by atoms with Gasteiger partial charge in [0, 0.05) is 23.3 Å². The molecule has 0 saturated heterocycles. The lowest BCUT2D eigenvalue weighted by Crippen LogP contribution is -2.47. The maximum atomic E-state index is 13.6. The number of nitrogens with zero attached hydrogens (tertiary/aromatic N) is 2. The molecule has 5 nitrogen and oxygen atoms in total. The molecule has 0 aliphatic heterocycles. The van der Waals surface area contributed by atoms with E-state index in [9.17, 15) is 23.1 Å². The SMILES string of the molecule is CC(NC(=O)c1ccc2cncc(-c3cc(F)c(F)c(F)c3)c2n1)C(C)(C)O. The summed E-state index contributed by atoms with van der Waals surface area (Å²) in [4.78, 5) is 20.8. The van der Waals surface area contributed by atoms with Crippen LogP contribution in [0.2, 0.25) is 0 Å². The fraction of sp³-hybridized carbons (Fsp3) is 0.250. The summed E-state index contributed by atoms with van der Waals surface area (Å²) in [6.45, 7) is 4.78. The first-order chi connectivity index (χ1) is 13.1. The normalized spacial score (nSPS) is 12.8. The highest BCUT2D eigenvalue weighted by molar-refractivity contribution is 5.98. The second-order valence-corrected chi connectivity index (χ2v) is 7.06. The lowest BCUT2D eigenvalue weighted by atomic mass is 10.0. The van der Waals surface area contributed by atoms with E-state index in [1.807, 2.05) is 0 Å². The molecule has 0 fully saturated rings. The molecule has 0 radical (unpaired) electrons. The minimum absolute atomic E-state index is 0.0458. The van der Waals surface area contributed by atoms with Gasteiger partial charge in [0.05, 0.1) is 17.2 Å². The van der Waals surface area contributed by atoms with Crippen molar-refractivity contribution in [3.63, 3.8) is 0 Å². The minimum Gasteiger partial charge on any atom is -0.388 e. The van der Waals surface area contributed by atoms with Crippen molar-refractivity contribution in [1.82, 2.24) is 15.3 Å². The fourth-order valence-electron chi connectivity index (χ4n) is 2.54. The van der Waals surface area contributed by atoms with Crippen molar-refractivity contribution in [1.29, 1.82) is 0 Å². The van der Waals surface area contributed by atoms with Gasteiger partial charge < -0.3 is 10.4 Å². The zero-order chi connectivity index (χ0) is 20.6. The smallest absolute Gasteiger partial charge is 0.270 e. The predicted molar refractivity (Wildman–Crippen MR) is 98.1 cm³/mol. The molecule has 28 heavy (non-hydrogen) atoms. The second-order valence-electron chi connectivity index (χ2n) is 7.06. The molecule has 0 saturated carbocycles. The van der Waals surface area contributed by atoms with Gasteiger partial charge in [0.15, 0.2) is 17.5 Å². The highest BCUT2D eigenvalue weighted by atomic mass is 19.2. The first-order valence-corrected chi connectivity index (χ1v) is 8.51. The van der Waals surface area contributed by atoms with E-state index >= 15 is 0 Å². The molecule has 3 rings (SSSR count). The standard InChI is InChI=1S/C20H18F3N3O2/c1-10(20(2,3)28)25-19(27)16-5-4-11-8-24-9-13(18(11)26-16)12-6-14(21)17(23)15(22)7-12/h4-10,28H,1-3H3,(H,25,27). The third kappa shape index (κ3) is 3.82. The Kier molecular flexibility index (Phi) is 5.08. The highest BCUT2D eigenvalue weighted by Crippen LogP contribution is 2.29. The van der Waals surface area contributed by atoms with Gasteiger partial charge in [0.25, 0.3) is 5.91 Å². The number of hydrogen-bond donors (Lipinski definition) is 2. The molecule has 0 spiro atoms. The molecule has 0 aliphatic rings. The van der Waals surface area contributed by atoms with E-state index < -0.39 is 35.0 Å². The summed E-state index contributed by atoms with van der Waals surface area (Å²) in [6, 6.07) is 4.22. The van der Waals surface area contributed by atoms with Gasteiger partial charge in [-0.1, -0.05) is 0 Å². The van der Waals surface area contributed by atoms with Crippen molar-refractivity contribution in [2.24, 2.45) is 0 Å². The van der Waals surface area contributed by atoms with Crippen LogP contribution in [0.25, 0.3) is 22.0 Å². The van der Waals surface area contributed by atoms with E-state index in [2.05, 4.69) is 15.3 Å². The van der Waals surface area contributed by atoms with E-state index in [-0.39, 0.29) is 22.3 Å². The number of nitrogens with one attached hydrogen (secondary N) is 1. The van der Waals surface area contributed by atoms with Crippen LogP contribution in [0.5, 0.6) is 0 Å². The van der Waals surface area contributed by atoms with Crippen LogP contribution in [0, 0.1) is 17.5 Å². The highest BCUT2D eigenvalue weighted by Gasteiger charge is 2.25. The van der Waals surface area contributed by atoms with Crippen LogP contribution in [0.3, 0.4) is 0 Å². The van der Waals surface area contributed by atoms with Gasteiger partial charge in [-0.3, -0.25) is 9.78 Å². The topological polar surface area (TPSA) is 75.1 Å². The predicted octanol–water partition coefficient (Wildman–Crippen LogP) is 3.60. The zero-order valence-corrected chi connectivity index (χ0v) is 15.4. The molecular formula is C20H18F3N3O2. The Morgan fingerprint density at radius 2 is 1.79 bits per heavy atom. The Morgan fingerprint density at radius 1 is 1.14 bits per heavy atom. The van der Waals surface area contributed by atoms with Crippen molar-refractivity contribution in [2.75, 3.05) is 0 Å². The van der Waals surface area contributed by atoms with Crippen molar-refractivity contribution < 1.29 is 23.1 Å². The fourth-order valence-corrected chi connectivity index (χ4v) is 2.54. The van der Waals surface area contributed by atoms with Gasteiger partial charge in [-0.2, -0.15) is 0 Å². The van der Waals surface area contributed by atoms with Gasteiger partial charge in [0.1, 0.15) is 5.69 Å². The van der Waals surface area contributed by atoms with Gasteiger partial charge in [0.2, 0.25) is 0 Å². The molecule has 1 unspecified atom stereocenters. The van der Waals surface area contributed by atoms with Crippen LogP contribution in [-0.2, 0) is 0 Å². The van der Waals surface area contributed by atoms with Crippen LogP contribution in [0.1, 0.15) is 31.3 Å². The Balaban J connectivity index is 2.07. The molecule has 2 heterocycles. The molecule has 3 aromatic rings. The monoisotopic (exact) mass is 389 g/mol. The Labute approximate surface area is 159 Å². The van der Waals surface area contributed by atoms with Crippen LogP contribution in [0.15, 0.2) is 36.7 Å². The number of carbonyl (C=O) groups excluding carboxylic acids is 1. The Bertz CT molecular complexity index is 1040. The lowest BCUT2D eigenvalue weighted by molar-refractivity contribution is 0.0407. The molecule has 1 atom stereocenters. The van der Waals surface area contributed by atoms with Crippen LogP contribution < -0.4 is 5.32 Å². The Morgan fingerprint density at radius 3 is 2.39 bits per heavy atom. The number of aliphatic hydroxyl groups is 1. The lowest BCUT2D eigenvalue weighted by Gasteiger charge is -2.26. The molecule has 0 bridgehead atoms. The number of amides is 1. The van der Waals surface area contributed by atoms with Crippen molar-refractivity contribution in [3.05, 3.63) is 59.8 Å². The van der Waals surface area contributed by atoms with Crippen molar-refractivity contribution in [2.45, 2.75) is 32.4 Å². The molecule has 0 aliphatic carbocycles. The van der Waals surface area contributed by atoms with Crippen LogP contribution in [-0.4, -0.2) is 32.6 Å². The number of halogens is 3. The first-order valence-electron chi connectivity index (χ1n) is 8.51. The number of carbonyl (C=O) groups is 1. The van der Waals surface area contributed by atoms with Crippen LogP contribution >= 0.6 is 0 Å². The summed E-state index contributed by atoms with van der Waals surface area (Å²) >= 11 is 0. The third-order valence-electron chi connectivity index (χ3n) is 4.53. The number of fused-ring (bicyclic) bond motifs is 1. The van der Waals surface area contributed by atoms with E-state index in [0.29, 0.717) is 5.39 Å². The molecular weight excluding hydrogens is 371 g/mol. The average Bonchev–Trinajstić information content (AvgIpc) is 2.63. The van der Waals surface area contributed by atoms with Crippen LogP contribution in [0.4, 0.5) is 13.2 Å². The molecule has 8 heteroatoms. The van der Waals surface area contributed by atoms with E-state index in [4.69, 9.17) is 0 Å². The number of rotatable bonds is 4. The third-order valence-corrected chi connectivity index (χ3v) is 4.53. The van der Waals surface area contributed by atoms with Crippen molar-refractivity contribution >= 4 is 16.8 Å². The molecule has 2 aromatic heterocycles. The largest absolute Gasteiger partial charge is 0.388 e. The van der Waals surface area contributed by atoms with Crippen molar-refractivity contribution in [3.8, 4) is 11.1 Å². The molecule has 146 valence electrons.